The van der Waals surface area contributed by atoms with Crippen LogP contribution in [0, 0.1) is 0 Å². The molecule has 0 aliphatic carbocycles. The molecule has 0 saturated carbocycles. The number of nitrogens with one attached hydrogen (secondary N) is 2. The molecule has 0 saturated heterocycles. The molecule has 3 rings (SSSR count). The summed E-state index contributed by atoms with van der Waals surface area (Å²) in [6.45, 7) is 1.02. The minimum atomic E-state index is -3.43. The number of amides is 1. The Labute approximate surface area is 158 Å². The second kappa shape index (κ2) is 8.88. The highest BCUT2D eigenvalue weighted by atomic mass is 32.2. The van der Waals surface area contributed by atoms with Crippen LogP contribution in [-0.4, -0.2) is 39.8 Å². The van der Waals surface area contributed by atoms with Crippen molar-refractivity contribution in [2.75, 3.05) is 30.8 Å². The SMILES string of the molecule is O=C(CCNS(=O)(=O)CCc1ccccc1)Nc1ccc2c(c1)OCCO2. The maximum Gasteiger partial charge on any atom is 0.225 e. The second-order valence-corrected chi connectivity index (χ2v) is 8.03. The van der Waals surface area contributed by atoms with Gasteiger partial charge in [-0.3, -0.25) is 4.79 Å². The summed E-state index contributed by atoms with van der Waals surface area (Å²) in [6.07, 6.45) is 0.471. The maximum absolute atomic E-state index is 12.0. The molecular formula is C19H22N2O5S. The molecule has 0 aromatic heterocycles. The van der Waals surface area contributed by atoms with Crippen LogP contribution in [0.3, 0.4) is 0 Å². The van der Waals surface area contributed by atoms with Crippen LogP contribution in [0.15, 0.2) is 48.5 Å². The molecule has 0 radical (unpaired) electrons. The number of aryl methyl sites for hydroxylation is 1. The summed E-state index contributed by atoms with van der Waals surface area (Å²) in [4.78, 5) is 12.0. The van der Waals surface area contributed by atoms with Crippen LogP contribution in [0.1, 0.15) is 12.0 Å². The number of anilines is 1. The summed E-state index contributed by atoms with van der Waals surface area (Å²) in [5, 5.41) is 2.73. The Balaban J connectivity index is 1.42. The first kappa shape index (κ1) is 19.2. The molecule has 1 aliphatic rings. The molecule has 8 heteroatoms. The molecule has 0 fully saturated rings. The average molecular weight is 390 g/mol. The van der Waals surface area contributed by atoms with Crippen molar-refractivity contribution >= 4 is 21.6 Å². The third-order valence-corrected chi connectivity index (χ3v) is 5.39. The van der Waals surface area contributed by atoms with Crippen molar-refractivity contribution in [3.05, 3.63) is 54.1 Å². The fraction of sp³-hybridized carbons (Fsp3) is 0.316. The zero-order valence-corrected chi connectivity index (χ0v) is 15.6. The van der Waals surface area contributed by atoms with E-state index in [4.69, 9.17) is 9.47 Å². The van der Waals surface area contributed by atoms with E-state index in [1.807, 2.05) is 30.3 Å². The van der Waals surface area contributed by atoms with Gasteiger partial charge in [0, 0.05) is 24.7 Å². The number of sulfonamides is 1. The molecule has 27 heavy (non-hydrogen) atoms. The molecular weight excluding hydrogens is 368 g/mol. The first-order valence-electron chi connectivity index (χ1n) is 8.73. The molecule has 144 valence electrons. The van der Waals surface area contributed by atoms with E-state index in [9.17, 15) is 13.2 Å². The van der Waals surface area contributed by atoms with Crippen LogP contribution >= 0.6 is 0 Å². The molecule has 0 atom stereocenters. The Kier molecular flexibility index (Phi) is 6.31. The van der Waals surface area contributed by atoms with Gasteiger partial charge in [0.1, 0.15) is 13.2 Å². The van der Waals surface area contributed by atoms with Gasteiger partial charge in [-0.1, -0.05) is 30.3 Å². The summed E-state index contributed by atoms with van der Waals surface area (Å²) in [6, 6.07) is 14.5. The highest BCUT2D eigenvalue weighted by molar-refractivity contribution is 7.89. The third kappa shape index (κ3) is 5.97. The summed E-state index contributed by atoms with van der Waals surface area (Å²) in [5.74, 6) is 0.935. The van der Waals surface area contributed by atoms with Crippen molar-refractivity contribution in [1.29, 1.82) is 0 Å². The number of hydrogen-bond donors (Lipinski definition) is 2. The second-order valence-electron chi connectivity index (χ2n) is 6.11. The van der Waals surface area contributed by atoms with Crippen LogP contribution in [0.2, 0.25) is 0 Å². The Bertz CT molecular complexity index is 884. The molecule has 0 spiro atoms. The van der Waals surface area contributed by atoms with Crippen molar-refractivity contribution in [3.8, 4) is 11.5 Å². The Hall–Kier alpha value is -2.58. The topological polar surface area (TPSA) is 93.7 Å². The standard InChI is InChI=1S/C19H22N2O5S/c22-19(21-16-6-7-17-18(14-16)26-12-11-25-17)8-10-20-27(23,24)13-9-15-4-2-1-3-5-15/h1-7,14,20H,8-13H2,(H,21,22). The smallest absolute Gasteiger partial charge is 0.225 e. The van der Waals surface area contributed by atoms with Crippen molar-refractivity contribution < 1.29 is 22.7 Å². The molecule has 2 aromatic carbocycles. The molecule has 2 aromatic rings. The number of benzene rings is 2. The van der Waals surface area contributed by atoms with Gasteiger partial charge in [0.05, 0.1) is 5.75 Å². The van der Waals surface area contributed by atoms with Crippen LogP contribution in [-0.2, 0) is 21.2 Å². The van der Waals surface area contributed by atoms with Gasteiger partial charge >= 0.3 is 0 Å². The lowest BCUT2D eigenvalue weighted by molar-refractivity contribution is -0.116. The van der Waals surface area contributed by atoms with E-state index in [0.717, 1.165) is 5.56 Å². The van der Waals surface area contributed by atoms with Gasteiger partial charge in [-0.05, 0) is 24.1 Å². The number of ether oxygens (including phenoxy) is 2. The monoisotopic (exact) mass is 390 g/mol. The average Bonchev–Trinajstić information content (AvgIpc) is 2.67. The quantitative estimate of drug-likeness (QED) is 0.719. The van der Waals surface area contributed by atoms with E-state index in [-0.39, 0.29) is 24.6 Å². The third-order valence-electron chi connectivity index (χ3n) is 4.00. The normalized spacial score (nSPS) is 13.2. The van der Waals surface area contributed by atoms with E-state index >= 15 is 0 Å². The van der Waals surface area contributed by atoms with E-state index < -0.39 is 10.0 Å². The summed E-state index contributed by atoms with van der Waals surface area (Å²) >= 11 is 0. The predicted molar refractivity (Wildman–Crippen MR) is 103 cm³/mol. The van der Waals surface area contributed by atoms with Crippen LogP contribution in [0.4, 0.5) is 5.69 Å². The highest BCUT2D eigenvalue weighted by Gasteiger charge is 2.14. The minimum absolute atomic E-state index is 0.0131. The van der Waals surface area contributed by atoms with Crippen LogP contribution in [0.5, 0.6) is 11.5 Å². The van der Waals surface area contributed by atoms with Gasteiger partial charge in [0.15, 0.2) is 11.5 Å². The van der Waals surface area contributed by atoms with E-state index in [2.05, 4.69) is 10.0 Å². The van der Waals surface area contributed by atoms with Crippen molar-refractivity contribution in [2.45, 2.75) is 12.8 Å². The Morgan fingerprint density at radius 3 is 2.52 bits per heavy atom. The lowest BCUT2D eigenvalue weighted by Gasteiger charge is -2.19. The van der Waals surface area contributed by atoms with Gasteiger partial charge in [-0.2, -0.15) is 0 Å². The zero-order valence-electron chi connectivity index (χ0n) is 14.8. The van der Waals surface area contributed by atoms with Gasteiger partial charge < -0.3 is 14.8 Å². The van der Waals surface area contributed by atoms with Crippen molar-refractivity contribution in [2.24, 2.45) is 0 Å². The minimum Gasteiger partial charge on any atom is -0.486 e. The lowest BCUT2D eigenvalue weighted by atomic mass is 10.2. The fourth-order valence-electron chi connectivity index (χ4n) is 2.63. The number of hydrogen-bond acceptors (Lipinski definition) is 5. The Morgan fingerprint density at radius 2 is 1.74 bits per heavy atom. The summed E-state index contributed by atoms with van der Waals surface area (Å²) < 4.78 is 37.4. The van der Waals surface area contributed by atoms with Crippen LogP contribution in [0.25, 0.3) is 0 Å². The van der Waals surface area contributed by atoms with E-state index in [1.54, 1.807) is 18.2 Å². The van der Waals surface area contributed by atoms with E-state index in [0.29, 0.717) is 36.8 Å². The Morgan fingerprint density at radius 1 is 1.00 bits per heavy atom. The summed E-state index contributed by atoms with van der Waals surface area (Å²) in [5.41, 5.74) is 1.54. The zero-order chi connectivity index (χ0) is 19.1. The largest absolute Gasteiger partial charge is 0.486 e. The molecule has 2 N–H and O–H groups in total. The van der Waals surface area contributed by atoms with E-state index in [1.165, 1.54) is 0 Å². The first-order valence-corrected chi connectivity index (χ1v) is 10.4. The summed E-state index contributed by atoms with van der Waals surface area (Å²) in [7, 11) is -3.43. The van der Waals surface area contributed by atoms with Crippen LogP contribution < -0.4 is 19.5 Å². The lowest BCUT2D eigenvalue weighted by Crippen LogP contribution is -2.30. The van der Waals surface area contributed by atoms with Crippen molar-refractivity contribution in [3.63, 3.8) is 0 Å². The molecule has 7 nitrogen and oxygen atoms in total. The van der Waals surface area contributed by atoms with Gasteiger partial charge in [0.25, 0.3) is 0 Å². The van der Waals surface area contributed by atoms with Crippen molar-refractivity contribution in [1.82, 2.24) is 4.72 Å². The fourth-order valence-corrected chi connectivity index (χ4v) is 3.70. The predicted octanol–water partition coefficient (Wildman–Crippen LogP) is 1.95. The molecule has 0 unspecified atom stereocenters. The van der Waals surface area contributed by atoms with Gasteiger partial charge in [0.2, 0.25) is 15.9 Å². The number of carbonyl (C=O) groups excluding carboxylic acids is 1. The van der Waals surface area contributed by atoms with Gasteiger partial charge in [-0.15, -0.1) is 0 Å². The number of rotatable bonds is 8. The molecule has 1 aliphatic heterocycles. The molecule has 1 heterocycles. The number of carbonyl (C=O) groups is 1. The highest BCUT2D eigenvalue weighted by Crippen LogP contribution is 2.32. The maximum atomic E-state index is 12.0. The first-order chi connectivity index (χ1) is 13.0. The number of fused-ring (bicyclic) bond motifs is 1. The molecule has 0 bridgehead atoms. The van der Waals surface area contributed by atoms with Gasteiger partial charge in [-0.25, -0.2) is 13.1 Å². The molecule has 1 amide bonds.